The molecule has 3 aromatic rings. The van der Waals surface area contributed by atoms with Gasteiger partial charge in [0.05, 0.1) is 5.56 Å². The number of rotatable bonds is 8. The van der Waals surface area contributed by atoms with E-state index in [0.717, 1.165) is 71.4 Å². The predicted octanol–water partition coefficient (Wildman–Crippen LogP) is 7.41. The Kier molecular flexibility index (Phi) is 8.89. The van der Waals surface area contributed by atoms with Crippen LogP contribution in [-0.4, -0.2) is 51.0 Å². The molecule has 1 aliphatic heterocycles. The fourth-order valence-electron chi connectivity index (χ4n) is 6.15. The molecule has 1 saturated heterocycles. The van der Waals surface area contributed by atoms with Crippen LogP contribution in [0.5, 0.6) is 5.75 Å². The molecule has 0 atom stereocenters. The summed E-state index contributed by atoms with van der Waals surface area (Å²) in [5, 5.41) is 9.58. The molecule has 9 heteroatoms. The van der Waals surface area contributed by atoms with E-state index in [-0.39, 0.29) is 17.6 Å². The molecular weight excluding hydrogens is 547 g/mol. The van der Waals surface area contributed by atoms with Gasteiger partial charge in [-0.1, -0.05) is 30.3 Å². The number of halogens is 3. The Balaban J connectivity index is 1.50. The number of aryl methyl sites for hydroxylation is 1. The molecule has 1 N–H and O–H groups in total. The third-order valence-corrected chi connectivity index (χ3v) is 8.14. The van der Waals surface area contributed by atoms with E-state index in [2.05, 4.69) is 33.9 Å². The van der Waals surface area contributed by atoms with Crippen molar-refractivity contribution in [3.8, 4) is 5.75 Å². The number of ether oxygens (including phenoxy) is 3. The third-order valence-electron chi connectivity index (χ3n) is 8.14. The number of piperidine rings is 1. The molecule has 0 amide bonds. The van der Waals surface area contributed by atoms with Gasteiger partial charge in [0.25, 0.3) is 0 Å². The van der Waals surface area contributed by atoms with E-state index >= 15 is 0 Å². The Bertz CT molecular complexity index is 1420. The fraction of sp³-hybridized carbons (Fsp3) is 0.364. The summed E-state index contributed by atoms with van der Waals surface area (Å²) < 4.78 is 53.3. The van der Waals surface area contributed by atoms with Gasteiger partial charge in [0.15, 0.2) is 6.29 Å². The highest BCUT2D eigenvalue weighted by Crippen LogP contribution is 2.41. The smallest absolute Gasteiger partial charge is 0.478 e. The topological polar surface area (TPSA) is 68.2 Å². The molecule has 0 spiro atoms. The summed E-state index contributed by atoms with van der Waals surface area (Å²) in [6.45, 7) is 1.77. The van der Waals surface area contributed by atoms with Crippen molar-refractivity contribution in [1.82, 2.24) is 0 Å². The number of allylic oxidation sites excluding steroid dienone is 1. The molecule has 1 heterocycles. The minimum atomic E-state index is -4.76. The monoisotopic (exact) mass is 581 g/mol. The van der Waals surface area contributed by atoms with Crippen molar-refractivity contribution in [2.75, 3.05) is 32.2 Å². The lowest BCUT2D eigenvalue weighted by atomic mass is 9.87. The van der Waals surface area contributed by atoms with Crippen molar-refractivity contribution in [2.24, 2.45) is 5.92 Å². The molecule has 222 valence electrons. The zero-order valence-electron chi connectivity index (χ0n) is 23.6. The quantitative estimate of drug-likeness (QED) is 0.280. The van der Waals surface area contributed by atoms with Crippen LogP contribution in [0.1, 0.15) is 58.3 Å². The Morgan fingerprint density at radius 2 is 1.55 bits per heavy atom. The van der Waals surface area contributed by atoms with Gasteiger partial charge in [-0.3, -0.25) is 0 Å². The number of hydrogen-bond acceptors (Lipinski definition) is 5. The minimum Gasteiger partial charge on any atom is -0.478 e. The molecule has 0 radical (unpaired) electrons. The van der Waals surface area contributed by atoms with Gasteiger partial charge in [-0.2, -0.15) is 0 Å². The summed E-state index contributed by atoms with van der Waals surface area (Å²) >= 11 is 0. The second kappa shape index (κ2) is 12.6. The lowest BCUT2D eigenvalue weighted by Gasteiger charge is -2.36. The molecule has 0 unspecified atom stereocenters. The number of methoxy groups -OCH3 is 2. The predicted molar refractivity (Wildman–Crippen MR) is 155 cm³/mol. The maximum atomic E-state index is 12.8. The number of carboxylic acid groups (broad SMARTS) is 1. The lowest BCUT2D eigenvalue weighted by molar-refractivity contribution is -0.274. The van der Waals surface area contributed by atoms with Crippen LogP contribution in [0.15, 0.2) is 66.7 Å². The molecule has 0 saturated carbocycles. The largest absolute Gasteiger partial charge is 0.573 e. The lowest BCUT2D eigenvalue weighted by Crippen LogP contribution is -2.39. The highest BCUT2D eigenvalue weighted by Gasteiger charge is 2.31. The summed E-state index contributed by atoms with van der Waals surface area (Å²) in [7, 11) is 3.34. The van der Waals surface area contributed by atoms with Gasteiger partial charge in [-0.05, 0) is 102 Å². The average Bonchev–Trinajstić information content (AvgIpc) is 3.17. The summed E-state index contributed by atoms with van der Waals surface area (Å²) in [5.41, 5.74) is 6.92. The summed E-state index contributed by atoms with van der Waals surface area (Å²) in [4.78, 5) is 14.0. The number of nitrogens with zero attached hydrogens (tertiary/aromatic N) is 1. The third kappa shape index (κ3) is 6.63. The van der Waals surface area contributed by atoms with Crippen LogP contribution < -0.4 is 9.64 Å². The van der Waals surface area contributed by atoms with Crippen molar-refractivity contribution >= 4 is 22.8 Å². The fourth-order valence-corrected chi connectivity index (χ4v) is 6.15. The van der Waals surface area contributed by atoms with Crippen molar-refractivity contribution in [3.63, 3.8) is 0 Å². The number of anilines is 1. The average molecular weight is 582 g/mol. The zero-order chi connectivity index (χ0) is 29.9. The molecule has 5 rings (SSSR count). The number of aromatic carboxylic acids is 1. The molecule has 6 nitrogen and oxygen atoms in total. The standard InChI is InChI=1S/C33H34F3NO5/c1-40-32(41-2)23-16-18-37(19-17-23)26-11-6-22(7-12-26)30-28(21-8-13-27(14-9-21)42-33(34,35)36)5-3-4-24-20-25(31(38)39)10-15-29(24)30/h6-15,20,23,32H,3-5,16-19H2,1-2H3,(H,38,39). The molecule has 1 fully saturated rings. The van der Waals surface area contributed by atoms with Crippen molar-refractivity contribution < 1.29 is 37.3 Å². The van der Waals surface area contributed by atoms with Gasteiger partial charge >= 0.3 is 12.3 Å². The van der Waals surface area contributed by atoms with Gasteiger partial charge < -0.3 is 24.2 Å². The number of benzene rings is 3. The van der Waals surface area contributed by atoms with Crippen LogP contribution in [0.25, 0.3) is 11.1 Å². The number of carbonyl (C=O) groups is 1. The van der Waals surface area contributed by atoms with Crippen LogP contribution in [-0.2, 0) is 15.9 Å². The van der Waals surface area contributed by atoms with E-state index in [4.69, 9.17) is 9.47 Å². The van der Waals surface area contributed by atoms with E-state index in [1.54, 1.807) is 38.5 Å². The maximum absolute atomic E-state index is 12.8. The molecule has 42 heavy (non-hydrogen) atoms. The van der Waals surface area contributed by atoms with E-state index in [0.29, 0.717) is 18.8 Å². The van der Waals surface area contributed by atoms with Crippen LogP contribution in [0, 0.1) is 5.92 Å². The van der Waals surface area contributed by atoms with Crippen LogP contribution in [0.4, 0.5) is 18.9 Å². The molecule has 2 aliphatic rings. The van der Waals surface area contributed by atoms with Crippen molar-refractivity contribution in [1.29, 1.82) is 0 Å². The maximum Gasteiger partial charge on any atom is 0.573 e. The minimum absolute atomic E-state index is 0.203. The number of fused-ring (bicyclic) bond motifs is 1. The van der Waals surface area contributed by atoms with E-state index in [1.165, 1.54) is 12.1 Å². The van der Waals surface area contributed by atoms with Crippen molar-refractivity contribution in [3.05, 3.63) is 94.5 Å². The molecule has 3 aromatic carbocycles. The Labute approximate surface area is 243 Å². The van der Waals surface area contributed by atoms with Gasteiger partial charge in [0.2, 0.25) is 0 Å². The van der Waals surface area contributed by atoms with Crippen LogP contribution in [0.2, 0.25) is 0 Å². The van der Waals surface area contributed by atoms with E-state index in [9.17, 15) is 23.1 Å². The first-order valence-electron chi connectivity index (χ1n) is 14.0. The first-order valence-corrected chi connectivity index (χ1v) is 14.0. The zero-order valence-corrected chi connectivity index (χ0v) is 23.6. The Morgan fingerprint density at radius 1 is 0.905 bits per heavy atom. The SMILES string of the molecule is COC(OC)C1CCN(c2ccc(C3=C(c4ccc(OC(F)(F)F)cc4)CCCc4cc(C(=O)O)ccc43)cc2)CC1. The molecule has 0 aromatic heterocycles. The molecule has 0 bridgehead atoms. The van der Waals surface area contributed by atoms with Gasteiger partial charge in [-0.25, -0.2) is 4.79 Å². The van der Waals surface area contributed by atoms with E-state index in [1.807, 2.05) is 6.07 Å². The summed E-state index contributed by atoms with van der Waals surface area (Å²) in [6.07, 6.45) is -0.913. The van der Waals surface area contributed by atoms with E-state index < -0.39 is 12.3 Å². The highest BCUT2D eigenvalue weighted by atomic mass is 19.4. The van der Waals surface area contributed by atoms with Gasteiger partial charge in [0, 0.05) is 38.9 Å². The van der Waals surface area contributed by atoms with Gasteiger partial charge in [-0.15, -0.1) is 13.2 Å². The molecular formula is C33H34F3NO5. The Hall–Kier alpha value is -3.82. The van der Waals surface area contributed by atoms with Crippen molar-refractivity contribution in [2.45, 2.75) is 44.8 Å². The second-order valence-corrected chi connectivity index (χ2v) is 10.7. The van der Waals surface area contributed by atoms with Crippen LogP contribution in [0.3, 0.4) is 0 Å². The second-order valence-electron chi connectivity index (χ2n) is 10.7. The molecule has 1 aliphatic carbocycles. The van der Waals surface area contributed by atoms with Crippen LogP contribution >= 0.6 is 0 Å². The first-order chi connectivity index (χ1) is 20.2. The summed E-state index contributed by atoms with van der Waals surface area (Å²) in [6, 6.07) is 19.5. The summed E-state index contributed by atoms with van der Waals surface area (Å²) in [5.74, 6) is -0.915. The number of carboxylic acids is 1. The Morgan fingerprint density at radius 3 is 2.14 bits per heavy atom. The highest BCUT2D eigenvalue weighted by molar-refractivity contribution is 6.00. The van der Waals surface area contributed by atoms with Gasteiger partial charge in [0.1, 0.15) is 5.75 Å². The number of hydrogen-bond donors (Lipinski definition) is 1. The first kappa shape index (κ1) is 29.7. The normalized spacial score (nSPS) is 16.4. The number of alkyl halides is 3.